The van der Waals surface area contributed by atoms with E-state index in [1.807, 2.05) is 18.2 Å². The Bertz CT molecular complexity index is 805. The highest BCUT2D eigenvalue weighted by atomic mass is 35.5. The Balaban J connectivity index is 1.52. The Morgan fingerprint density at radius 2 is 1.69 bits per heavy atom. The molecule has 2 N–H and O–H groups in total. The molecular formula is C20H20Cl2N2O2. The van der Waals surface area contributed by atoms with Crippen LogP contribution in [0.2, 0.25) is 10.0 Å². The lowest BCUT2D eigenvalue weighted by Gasteiger charge is -2.16. The molecule has 4 nitrogen and oxygen atoms in total. The summed E-state index contributed by atoms with van der Waals surface area (Å²) in [7, 11) is 0. The molecule has 136 valence electrons. The second-order valence-electron chi connectivity index (χ2n) is 6.48. The first-order valence-corrected chi connectivity index (χ1v) is 9.36. The van der Waals surface area contributed by atoms with Crippen molar-refractivity contribution in [3.05, 3.63) is 64.1 Å². The van der Waals surface area contributed by atoms with Gasteiger partial charge in [0, 0.05) is 6.54 Å². The number of hydrogen-bond acceptors (Lipinski definition) is 2. The first kappa shape index (κ1) is 18.7. The second kappa shape index (κ2) is 8.11. The van der Waals surface area contributed by atoms with Gasteiger partial charge in [-0.1, -0.05) is 59.6 Å². The minimum Gasteiger partial charge on any atom is -0.355 e. The molecule has 3 rings (SSSR count). The molecule has 2 amide bonds. The molecule has 0 bridgehead atoms. The van der Waals surface area contributed by atoms with Gasteiger partial charge in [0.1, 0.15) is 5.41 Å². The maximum Gasteiger partial charge on any atom is 0.240 e. The molecule has 1 saturated carbocycles. The van der Waals surface area contributed by atoms with Gasteiger partial charge in [-0.2, -0.15) is 0 Å². The van der Waals surface area contributed by atoms with Gasteiger partial charge in [0.15, 0.2) is 0 Å². The van der Waals surface area contributed by atoms with Crippen LogP contribution in [0.5, 0.6) is 0 Å². The predicted octanol–water partition coefficient (Wildman–Crippen LogP) is 4.46. The van der Waals surface area contributed by atoms with Crippen LogP contribution in [-0.4, -0.2) is 18.4 Å². The maximum absolute atomic E-state index is 12.6. The third kappa shape index (κ3) is 4.19. The van der Waals surface area contributed by atoms with Crippen molar-refractivity contribution < 1.29 is 9.59 Å². The molecule has 26 heavy (non-hydrogen) atoms. The third-order valence-corrected chi connectivity index (χ3v) is 5.41. The highest BCUT2D eigenvalue weighted by Crippen LogP contribution is 2.47. The molecule has 0 heterocycles. The standard InChI is InChI=1S/C20H20Cl2N2O2/c21-15-9-4-10-16(17(15)22)24-19(26)20(11-12-20)18(25)23-13-5-8-14-6-2-1-3-7-14/h1-4,6-7,9-10H,5,8,11-13H2,(H,23,25)(H,24,26). The van der Waals surface area contributed by atoms with E-state index in [0.29, 0.717) is 30.1 Å². The van der Waals surface area contributed by atoms with Crippen LogP contribution in [0.3, 0.4) is 0 Å². The number of benzene rings is 2. The lowest BCUT2D eigenvalue weighted by molar-refractivity contribution is -0.134. The first-order chi connectivity index (χ1) is 12.5. The van der Waals surface area contributed by atoms with E-state index in [1.54, 1.807) is 18.2 Å². The van der Waals surface area contributed by atoms with E-state index in [2.05, 4.69) is 22.8 Å². The van der Waals surface area contributed by atoms with Gasteiger partial charge in [-0.15, -0.1) is 0 Å². The summed E-state index contributed by atoms with van der Waals surface area (Å²) in [5.41, 5.74) is 0.668. The smallest absolute Gasteiger partial charge is 0.240 e. The molecule has 0 unspecified atom stereocenters. The molecule has 0 aromatic heterocycles. The van der Waals surface area contributed by atoms with Gasteiger partial charge in [0.2, 0.25) is 11.8 Å². The summed E-state index contributed by atoms with van der Waals surface area (Å²) >= 11 is 12.1. The lowest BCUT2D eigenvalue weighted by Crippen LogP contribution is -2.40. The largest absolute Gasteiger partial charge is 0.355 e. The minimum atomic E-state index is -0.988. The van der Waals surface area contributed by atoms with E-state index in [9.17, 15) is 9.59 Å². The van der Waals surface area contributed by atoms with Crippen LogP contribution < -0.4 is 10.6 Å². The Morgan fingerprint density at radius 3 is 2.38 bits per heavy atom. The fourth-order valence-electron chi connectivity index (χ4n) is 2.83. The zero-order valence-electron chi connectivity index (χ0n) is 14.2. The van der Waals surface area contributed by atoms with Gasteiger partial charge in [-0.3, -0.25) is 9.59 Å². The van der Waals surface area contributed by atoms with Gasteiger partial charge >= 0.3 is 0 Å². The maximum atomic E-state index is 12.6. The van der Waals surface area contributed by atoms with Gasteiger partial charge in [0.25, 0.3) is 0 Å². The highest BCUT2D eigenvalue weighted by Gasteiger charge is 2.56. The van der Waals surface area contributed by atoms with Crippen molar-refractivity contribution in [1.82, 2.24) is 5.32 Å². The van der Waals surface area contributed by atoms with Gasteiger partial charge in [0.05, 0.1) is 15.7 Å². The number of carbonyl (C=O) groups is 2. The number of nitrogens with one attached hydrogen (secondary N) is 2. The van der Waals surface area contributed by atoms with Crippen LogP contribution in [0, 0.1) is 5.41 Å². The Labute approximate surface area is 162 Å². The lowest BCUT2D eigenvalue weighted by atomic mass is 10.0. The predicted molar refractivity (Wildman–Crippen MR) is 105 cm³/mol. The average Bonchev–Trinajstić information content (AvgIpc) is 3.45. The molecule has 1 fully saturated rings. The van der Waals surface area contributed by atoms with Gasteiger partial charge < -0.3 is 10.6 Å². The number of hydrogen-bond donors (Lipinski definition) is 2. The molecule has 0 aliphatic heterocycles. The van der Waals surface area contributed by atoms with E-state index >= 15 is 0 Å². The summed E-state index contributed by atoms with van der Waals surface area (Å²) in [4.78, 5) is 25.1. The minimum absolute atomic E-state index is 0.221. The topological polar surface area (TPSA) is 58.2 Å². The van der Waals surface area contributed by atoms with E-state index in [0.717, 1.165) is 12.8 Å². The summed E-state index contributed by atoms with van der Waals surface area (Å²) in [5.74, 6) is -0.552. The number of carbonyl (C=O) groups excluding carboxylic acids is 2. The average molecular weight is 391 g/mol. The van der Waals surface area contributed by atoms with E-state index in [1.165, 1.54) is 5.56 Å². The van der Waals surface area contributed by atoms with Crippen molar-refractivity contribution in [2.45, 2.75) is 25.7 Å². The fraction of sp³-hybridized carbons (Fsp3) is 0.300. The molecule has 0 radical (unpaired) electrons. The van der Waals surface area contributed by atoms with E-state index < -0.39 is 5.41 Å². The molecule has 0 atom stereocenters. The Kier molecular flexibility index (Phi) is 5.84. The molecular weight excluding hydrogens is 371 g/mol. The molecule has 0 saturated heterocycles. The number of amides is 2. The van der Waals surface area contributed by atoms with Crippen LogP contribution in [0.4, 0.5) is 5.69 Å². The normalized spacial score (nSPS) is 14.5. The van der Waals surface area contributed by atoms with Crippen molar-refractivity contribution in [2.75, 3.05) is 11.9 Å². The van der Waals surface area contributed by atoms with Crippen LogP contribution in [0.25, 0.3) is 0 Å². The Hall–Kier alpha value is -2.04. The van der Waals surface area contributed by atoms with Crippen molar-refractivity contribution >= 4 is 40.7 Å². The fourth-order valence-corrected chi connectivity index (χ4v) is 3.18. The number of halogens is 2. The van der Waals surface area contributed by atoms with Crippen LogP contribution in [0.15, 0.2) is 48.5 Å². The Morgan fingerprint density at radius 1 is 0.962 bits per heavy atom. The van der Waals surface area contributed by atoms with Crippen molar-refractivity contribution in [1.29, 1.82) is 0 Å². The molecule has 2 aromatic carbocycles. The number of anilines is 1. The summed E-state index contributed by atoms with van der Waals surface area (Å²) in [6.45, 7) is 0.542. The summed E-state index contributed by atoms with van der Waals surface area (Å²) in [6, 6.07) is 15.1. The van der Waals surface area contributed by atoms with Crippen molar-refractivity contribution in [3.8, 4) is 0 Å². The first-order valence-electron chi connectivity index (χ1n) is 8.61. The molecule has 2 aromatic rings. The monoisotopic (exact) mass is 390 g/mol. The van der Waals surface area contributed by atoms with Gasteiger partial charge in [-0.25, -0.2) is 0 Å². The zero-order valence-corrected chi connectivity index (χ0v) is 15.7. The molecule has 1 aliphatic carbocycles. The quantitative estimate of drug-likeness (QED) is 0.541. The molecule has 0 spiro atoms. The SMILES string of the molecule is O=C(NCCCc1ccccc1)C1(C(=O)Nc2cccc(Cl)c2Cl)CC1. The highest BCUT2D eigenvalue weighted by molar-refractivity contribution is 6.44. The molecule has 6 heteroatoms. The summed E-state index contributed by atoms with van der Waals surface area (Å²) < 4.78 is 0. The van der Waals surface area contributed by atoms with E-state index in [-0.39, 0.29) is 16.8 Å². The summed E-state index contributed by atoms with van der Waals surface area (Å²) in [5, 5.41) is 6.26. The van der Waals surface area contributed by atoms with Crippen LogP contribution >= 0.6 is 23.2 Å². The van der Waals surface area contributed by atoms with E-state index in [4.69, 9.17) is 23.2 Å². The third-order valence-electron chi connectivity index (χ3n) is 4.59. The number of rotatable bonds is 7. The van der Waals surface area contributed by atoms with Crippen LogP contribution in [-0.2, 0) is 16.0 Å². The zero-order chi connectivity index (χ0) is 18.6. The second-order valence-corrected chi connectivity index (χ2v) is 7.27. The number of aryl methyl sites for hydroxylation is 1. The van der Waals surface area contributed by atoms with Crippen molar-refractivity contribution in [3.63, 3.8) is 0 Å². The van der Waals surface area contributed by atoms with Crippen LogP contribution in [0.1, 0.15) is 24.8 Å². The van der Waals surface area contributed by atoms with Gasteiger partial charge in [-0.05, 0) is 43.4 Å². The summed E-state index contributed by atoms with van der Waals surface area (Å²) in [6.07, 6.45) is 2.80. The van der Waals surface area contributed by atoms with Crippen molar-refractivity contribution in [2.24, 2.45) is 5.41 Å². The molecule has 1 aliphatic rings.